The zero-order valence-electron chi connectivity index (χ0n) is 17.4. The van der Waals surface area contributed by atoms with Gasteiger partial charge >= 0.3 is 5.97 Å². The zero-order valence-corrected chi connectivity index (χ0v) is 17.4. The summed E-state index contributed by atoms with van der Waals surface area (Å²) in [5.74, 6) is -0.270. The number of hydrogen-bond acceptors (Lipinski definition) is 5. The molecule has 0 unspecified atom stereocenters. The lowest BCUT2D eigenvalue weighted by Gasteiger charge is -2.24. The third-order valence-electron chi connectivity index (χ3n) is 4.86. The Hall–Kier alpha value is -3.09. The van der Waals surface area contributed by atoms with Crippen LogP contribution < -0.4 is 14.8 Å². The molecule has 0 aliphatic carbocycles. The van der Waals surface area contributed by atoms with E-state index in [2.05, 4.69) is 5.32 Å². The number of carbonyl (C=O) groups excluding carboxylic acids is 2. The van der Waals surface area contributed by atoms with Crippen molar-refractivity contribution in [3.63, 3.8) is 0 Å². The Morgan fingerprint density at radius 1 is 1.10 bits per heavy atom. The molecule has 0 bridgehead atoms. The lowest BCUT2D eigenvalue weighted by atomic mass is 9.95. The van der Waals surface area contributed by atoms with Gasteiger partial charge in [-0.1, -0.05) is 26.0 Å². The summed E-state index contributed by atoms with van der Waals surface area (Å²) in [6.45, 7) is 6.29. The maximum Gasteiger partial charge on any atom is 0.338 e. The summed E-state index contributed by atoms with van der Waals surface area (Å²) in [6, 6.07) is 9.35. The van der Waals surface area contributed by atoms with E-state index in [1.165, 1.54) is 12.1 Å². The zero-order chi connectivity index (χ0) is 21.7. The van der Waals surface area contributed by atoms with Crippen LogP contribution in [0.1, 0.15) is 47.8 Å². The van der Waals surface area contributed by atoms with E-state index >= 15 is 0 Å². The molecule has 1 aliphatic rings. The number of halogens is 1. The molecule has 0 fully saturated rings. The van der Waals surface area contributed by atoms with Crippen molar-refractivity contribution in [2.45, 2.75) is 33.2 Å². The molecule has 160 valence electrons. The second-order valence-electron chi connectivity index (χ2n) is 7.59. The molecule has 0 saturated carbocycles. The third kappa shape index (κ3) is 5.28. The van der Waals surface area contributed by atoms with Gasteiger partial charge in [0.1, 0.15) is 5.82 Å². The summed E-state index contributed by atoms with van der Waals surface area (Å²) >= 11 is 0. The molecule has 2 aromatic carbocycles. The molecular formula is C23H26FNO5. The van der Waals surface area contributed by atoms with Gasteiger partial charge in [-0.2, -0.15) is 0 Å². The second kappa shape index (κ2) is 9.61. The number of hydrogen-bond donors (Lipinski definition) is 1. The van der Waals surface area contributed by atoms with Gasteiger partial charge < -0.3 is 19.5 Å². The first-order valence-corrected chi connectivity index (χ1v) is 9.97. The second-order valence-corrected chi connectivity index (χ2v) is 7.59. The average molecular weight is 415 g/mol. The highest BCUT2D eigenvalue weighted by Crippen LogP contribution is 2.34. The molecule has 7 heteroatoms. The van der Waals surface area contributed by atoms with E-state index in [-0.39, 0.29) is 17.5 Å². The Labute approximate surface area is 175 Å². The number of carbonyl (C=O) groups is 2. The van der Waals surface area contributed by atoms with E-state index in [1.54, 1.807) is 6.92 Å². The van der Waals surface area contributed by atoms with Crippen LogP contribution in [0.3, 0.4) is 0 Å². The molecule has 1 amide bonds. The molecule has 0 saturated heterocycles. The molecule has 3 rings (SSSR count). The third-order valence-corrected chi connectivity index (χ3v) is 4.86. The molecule has 6 nitrogen and oxygen atoms in total. The summed E-state index contributed by atoms with van der Waals surface area (Å²) in [4.78, 5) is 24.5. The number of nitrogens with one attached hydrogen (secondary N) is 1. The van der Waals surface area contributed by atoms with Gasteiger partial charge in [0.2, 0.25) is 0 Å². The van der Waals surface area contributed by atoms with Crippen molar-refractivity contribution in [2.24, 2.45) is 5.92 Å². The van der Waals surface area contributed by atoms with Gasteiger partial charge in [0.15, 0.2) is 18.1 Å². The van der Waals surface area contributed by atoms with Crippen molar-refractivity contribution >= 4 is 11.9 Å². The number of amides is 1. The van der Waals surface area contributed by atoms with Crippen LogP contribution in [0.15, 0.2) is 36.4 Å². The standard InChI is InChI=1S/C23H26FNO5/c1-14(2)22(16-7-8-19-20(12-16)29-10-4-9-28-19)25-21(26)13-30-23(27)17-6-5-15(3)18(24)11-17/h5-8,11-12,14,22H,4,9-10,13H2,1-3H3,(H,25,26)/t22-/m0/s1. The lowest BCUT2D eigenvalue weighted by molar-refractivity contribution is -0.125. The number of fused-ring (bicyclic) bond motifs is 1. The molecule has 0 aromatic heterocycles. The van der Waals surface area contributed by atoms with Crippen LogP contribution in [0.5, 0.6) is 11.5 Å². The summed E-state index contributed by atoms with van der Waals surface area (Å²) in [5, 5.41) is 2.90. The normalized spacial score (nSPS) is 14.0. The lowest BCUT2D eigenvalue weighted by Crippen LogP contribution is -2.35. The number of aryl methyl sites for hydroxylation is 1. The predicted molar refractivity (Wildman–Crippen MR) is 109 cm³/mol. The van der Waals surface area contributed by atoms with Crippen molar-refractivity contribution in [1.82, 2.24) is 5.32 Å². The van der Waals surface area contributed by atoms with Crippen LogP contribution in [-0.2, 0) is 9.53 Å². The molecule has 1 heterocycles. The largest absolute Gasteiger partial charge is 0.490 e. The van der Waals surface area contributed by atoms with E-state index in [0.29, 0.717) is 30.3 Å². The van der Waals surface area contributed by atoms with Crippen molar-refractivity contribution in [3.8, 4) is 11.5 Å². The van der Waals surface area contributed by atoms with Gasteiger partial charge in [-0.3, -0.25) is 4.79 Å². The van der Waals surface area contributed by atoms with Gasteiger partial charge in [0.25, 0.3) is 5.91 Å². The van der Waals surface area contributed by atoms with Gasteiger partial charge in [-0.15, -0.1) is 0 Å². The van der Waals surface area contributed by atoms with Crippen LogP contribution in [0, 0.1) is 18.7 Å². The van der Waals surface area contributed by atoms with Crippen LogP contribution in [-0.4, -0.2) is 31.7 Å². The highest BCUT2D eigenvalue weighted by atomic mass is 19.1. The summed E-state index contributed by atoms with van der Waals surface area (Å²) in [6.07, 6.45) is 0.810. The van der Waals surface area contributed by atoms with Crippen molar-refractivity contribution < 1.29 is 28.2 Å². The summed E-state index contributed by atoms with van der Waals surface area (Å²) in [7, 11) is 0. The fraction of sp³-hybridized carbons (Fsp3) is 0.391. The van der Waals surface area contributed by atoms with Crippen molar-refractivity contribution in [2.75, 3.05) is 19.8 Å². The molecule has 2 aromatic rings. The quantitative estimate of drug-likeness (QED) is 0.723. The summed E-state index contributed by atoms with van der Waals surface area (Å²) in [5.41, 5.74) is 1.36. The predicted octanol–water partition coefficient (Wildman–Crippen LogP) is 3.97. The smallest absolute Gasteiger partial charge is 0.338 e. The summed E-state index contributed by atoms with van der Waals surface area (Å²) < 4.78 is 30.1. The van der Waals surface area contributed by atoms with E-state index in [9.17, 15) is 14.0 Å². The molecule has 1 atom stereocenters. The molecular weight excluding hydrogens is 389 g/mol. The van der Waals surface area contributed by atoms with E-state index in [4.69, 9.17) is 14.2 Å². The maximum absolute atomic E-state index is 13.6. The van der Waals surface area contributed by atoms with E-state index in [0.717, 1.165) is 18.1 Å². The number of benzene rings is 2. The maximum atomic E-state index is 13.6. The number of rotatable bonds is 6. The van der Waals surface area contributed by atoms with Crippen molar-refractivity contribution in [1.29, 1.82) is 0 Å². The SMILES string of the molecule is Cc1ccc(C(=O)OCC(=O)N[C@H](c2ccc3c(c2)OCCCO3)C(C)C)cc1F. The van der Waals surface area contributed by atoms with Gasteiger partial charge in [-0.25, -0.2) is 9.18 Å². The van der Waals surface area contributed by atoms with Crippen LogP contribution in [0.4, 0.5) is 4.39 Å². The monoisotopic (exact) mass is 415 g/mol. The fourth-order valence-corrected chi connectivity index (χ4v) is 3.16. The first kappa shape index (κ1) is 21.6. The van der Waals surface area contributed by atoms with E-state index < -0.39 is 24.3 Å². The van der Waals surface area contributed by atoms with Crippen molar-refractivity contribution in [3.05, 3.63) is 58.9 Å². The topological polar surface area (TPSA) is 73.9 Å². The Morgan fingerprint density at radius 2 is 1.83 bits per heavy atom. The van der Waals surface area contributed by atoms with Crippen LogP contribution in [0.25, 0.3) is 0 Å². The number of ether oxygens (including phenoxy) is 3. The Kier molecular flexibility index (Phi) is 6.92. The highest BCUT2D eigenvalue weighted by molar-refractivity contribution is 5.91. The first-order chi connectivity index (χ1) is 14.3. The Balaban J connectivity index is 1.63. The Bertz CT molecular complexity index is 928. The van der Waals surface area contributed by atoms with Crippen LogP contribution in [0.2, 0.25) is 0 Å². The van der Waals surface area contributed by atoms with E-state index in [1.807, 2.05) is 32.0 Å². The minimum absolute atomic E-state index is 0.0641. The van der Waals surface area contributed by atoms with Crippen LogP contribution >= 0.6 is 0 Å². The fourth-order valence-electron chi connectivity index (χ4n) is 3.16. The molecule has 30 heavy (non-hydrogen) atoms. The minimum atomic E-state index is -0.749. The molecule has 1 N–H and O–H groups in total. The molecule has 0 spiro atoms. The minimum Gasteiger partial charge on any atom is -0.490 e. The number of esters is 1. The molecule has 0 radical (unpaired) electrons. The first-order valence-electron chi connectivity index (χ1n) is 9.97. The van der Waals surface area contributed by atoms with Gasteiger partial charge in [0, 0.05) is 6.42 Å². The Morgan fingerprint density at radius 3 is 2.53 bits per heavy atom. The average Bonchev–Trinajstić information content (AvgIpc) is 2.96. The highest BCUT2D eigenvalue weighted by Gasteiger charge is 2.22. The van der Waals surface area contributed by atoms with Gasteiger partial charge in [-0.05, 0) is 48.2 Å². The molecule has 1 aliphatic heterocycles. The van der Waals surface area contributed by atoms with Gasteiger partial charge in [0.05, 0.1) is 24.8 Å².